The quantitative estimate of drug-likeness (QED) is 0.674. The Hall–Kier alpha value is -1.61. The van der Waals surface area contributed by atoms with Crippen LogP contribution in [0.5, 0.6) is 0 Å². The lowest BCUT2D eigenvalue weighted by Gasteiger charge is -2.26. The van der Waals surface area contributed by atoms with Gasteiger partial charge in [-0.2, -0.15) is 0 Å². The van der Waals surface area contributed by atoms with Gasteiger partial charge in [-0.25, -0.2) is 12.8 Å². The summed E-state index contributed by atoms with van der Waals surface area (Å²) in [5.74, 6) is -0.332. The number of carbonyl (C=O) groups excluding carboxylic acids is 1. The molecule has 0 unspecified atom stereocenters. The maximum atomic E-state index is 13.0. The van der Waals surface area contributed by atoms with E-state index in [0.717, 1.165) is 5.56 Å². The number of fused-ring (bicyclic) bond motifs is 1. The van der Waals surface area contributed by atoms with Crippen LogP contribution in [-0.2, 0) is 25.8 Å². The Labute approximate surface area is 156 Å². The molecule has 0 spiro atoms. The Kier molecular flexibility index (Phi) is 5.86. The number of amidine groups is 1. The molecule has 0 radical (unpaired) electrons. The second-order valence-electron chi connectivity index (χ2n) is 6.29. The third-order valence-electron chi connectivity index (χ3n) is 4.39. The second kappa shape index (κ2) is 7.96. The molecule has 0 aliphatic carbocycles. The van der Waals surface area contributed by atoms with Crippen molar-refractivity contribution in [3.8, 4) is 0 Å². The highest BCUT2D eigenvalue weighted by Crippen LogP contribution is 2.31. The Morgan fingerprint density at radius 3 is 2.77 bits per heavy atom. The molecule has 3 rings (SSSR count). The van der Waals surface area contributed by atoms with Crippen molar-refractivity contribution in [2.24, 2.45) is 4.99 Å². The third kappa shape index (κ3) is 4.56. The van der Waals surface area contributed by atoms with Crippen molar-refractivity contribution in [3.63, 3.8) is 0 Å². The van der Waals surface area contributed by atoms with Gasteiger partial charge in [-0.05, 0) is 31.0 Å². The number of hydrogen-bond acceptors (Lipinski definition) is 7. The van der Waals surface area contributed by atoms with Crippen LogP contribution in [0, 0.1) is 5.82 Å². The van der Waals surface area contributed by atoms with Gasteiger partial charge in [0.05, 0.1) is 35.9 Å². The molecule has 0 N–H and O–H groups in total. The van der Waals surface area contributed by atoms with E-state index in [0.29, 0.717) is 24.7 Å². The number of hydrogen-bond donors (Lipinski definition) is 0. The van der Waals surface area contributed by atoms with Gasteiger partial charge in [-0.3, -0.25) is 9.79 Å². The van der Waals surface area contributed by atoms with Gasteiger partial charge in [-0.1, -0.05) is 23.9 Å². The first-order valence-electron chi connectivity index (χ1n) is 8.45. The van der Waals surface area contributed by atoms with Gasteiger partial charge in [0.1, 0.15) is 5.82 Å². The summed E-state index contributed by atoms with van der Waals surface area (Å²) < 4.78 is 41.9. The lowest BCUT2D eigenvalue weighted by Crippen LogP contribution is -2.40. The molecule has 0 amide bonds. The molecular weight excluding hydrogens is 379 g/mol. The number of halogens is 1. The monoisotopic (exact) mass is 400 g/mol. The molecule has 2 aliphatic heterocycles. The standard InChI is InChI=1S/C17H21FN2O4S2/c1-2-24-16(21)9-25-17-19-14-10-26(22,23)11-15(14)20(17)8-7-12-3-5-13(18)6-4-12/h3-6,14-15H,2,7-11H2,1H3/t14-,15+/m1/s1. The molecule has 1 aromatic rings. The normalized spacial score (nSPS) is 23.6. The van der Waals surface area contributed by atoms with Crippen LogP contribution in [0.2, 0.25) is 0 Å². The predicted octanol–water partition coefficient (Wildman–Crippen LogP) is 1.50. The molecule has 1 aromatic carbocycles. The van der Waals surface area contributed by atoms with Crippen LogP contribution in [0.1, 0.15) is 12.5 Å². The SMILES string of the molecule is CCOC(=O)CSC1=N[C@@H]2CS(=O)(=O)C[C@@H]2N1CCc1ccc(F)cc1. The van der Waals surface area contributed by atoms with Crippen molar-refractivity contribution in [3.05, 3.63) is 35.6 Å². The minimum Gasteiger partial charge on any atom is -0.465 e. The number of esters is 1. The van der Waals surface area contributed by atoms with Crippen molar-refractivity contribution in [2.75, 3.05) is 30.4 Å². The maximum absolute atomic E-state index is 13.0. The fourth-order valence-electron chi connectivity index (χ4n) is 3.20. The molecular formula is C17H21FN2O4S2. The minimum atomic E-state index is -3.09. The molecule has 26 heavy (non-hydrogen) atoms. The van der Waals surface area contributed by atoms with Gasteiger partial charge in [0.2, 0.25) is 0 Å². The topological polar surface area (TPSA) is 76.0 Å². The first-order chi connectivity index (χ1) is 12.4. The summed E-state index contributed by atoms with van der Waals surface area (Å²) in [5.41, 5.74) is 0.963. The van der Waals surface area contributed by atoms with Crippen molar-refractivity contribution < 1.29 is 22.3 Å². The van der Waals surface area contributed by atoms with Crippen LogP contribution >= 0.6 is 11.8 Å². The smallest absolute Gasteiger partial charge is 0.316 e. The average Bonchev–Trinajstić information content (AvgIpc) is 3.04. The lowest BCUT2D eigenvalue weighted by molar-refractivity contribution is -0.139. The molecule has 0 aromatic heterocycles. The Morgan fingerprint density at radius 1 is 1.35 bits per heavy atom. The number of benzene rings is 1. The summed E-state index contributed by atoms with van der Waals surface area (Å²) in [5, 5.41) is 0.685. The van der Waals surface area contributed by atoms with Crippen molar-refractivity contribution in [2.45, 2.75) is 25.4 Å². The number of aliphatic imine (C=N–C) groups is 1. The van der Waals surface area contributed by atoms with Crippen LogP contribution in [0.25, 0.3) is 0 Å². The number of ether oxygens (including phenoxy) is 1. The fourth-order valence-corrected chi connectivity index (χ4v) is 6.01. The molecule has 2 heterocycles. The van der Waals surface area contributed by atoms with Gasteiger partial charge in [0.25, 0.3) is 0 Å². The van der Waals surface area contributed by atoms with E-state index in [-0.39, 0.29) is 41.1 Å². The second-order valence-corrected chi connectivity index (χ2v) is 9.38. The number of rotatable bonds is 6. The average molecular weight is 400 g/mol. The van der Waals surface area contributed by atoms with Crippen LogP contribution in [0.4, 0.5) is 4.39 Å². The van der Waals surface area contributed by atoms with E-state index in [9.17, 15) is 17.6 Å². The Bertz CT molecular complexity index is 795. The lowest BCUT2D eigenvalue weighted by atomic mass is 10.1. The van der Waals surface area contributed by atoms with Crippen LogP contribution in [0.15, 0.2) is 29.3 Å². The molecule has 1 saturated heterocycles. The van der Waals surface area contributed by atoms with Gasteiger partial charge in [-0.15, -0.1) is 0 Å². The molecule has 9 heteroatoms. The van der Waals surface area contributed by atoms with Crippen molar-refractivity contribution >= 4 is 32.7 Å². The summed E-state index contributed by atoms with van der Waals surface area (Å²) in [7, 11) is -3.09. The minimum absolute atomic E-state index is 0.0498. The molecule has 1 fully saturated rings. The maximum Gasteiger partial charge on any atom is 0.316 e. The van der Waals surface area contributed by atoms with E-state index in [2.05, 4.69) is 4.99 Å². The van der Waals surface area contributed by atoms with Gasteiger partial charge >= 0.3 is 5.97 Å². The van der Waals surface area contributed by atoms with Crippen molar-refractivity contribution in [1.82, 2.24) is 4.90 Å². The number of thioether (sulfide) groups is 1. The number of sulfone groups is 1. The highest BCUT2D eigenvalue weighted by atomic mass is 32.2. The summed E-state index contributed by atoms with van der Waals surface area (Å²) in [6.45, 7) is 2.64. The summed E-state index contributed by atoms with van der Waals surface area (Å²) >= 11 is 1.28. The Balaban J connectivity index is 1.69. The zero-order valence-electron chi connectivity index (χ0n) is 14.4. The van der Waals surface area contributed by atoms with Crippen LogP contribution in [-0.4, -0.2) is 66.9 Å². The molecule has 2 atom stereocenters. The number of nitrogens with zero attached hydrogens (tertiary/aromatic N) is 2. The summed E-state index contributed by atoms with van der Waals surface area (Å²) in [4.78, 5) is 18.1. The zero-order chi connectivity index (χ0) is 18.7. The van der Waals surface area contributed by atoms with Gasteiger partial charge in [0, 0.05) is 6.54 Å². The fraction of sp³-hybridized carbons (Fsp3) is 0.529. The van der Waals surface area contributed by atoms with E-state index < -0.39 is 9.84 Å². The zero-order valence-corrected chi connectivity index (χ0v) is 16.1. The highest BCUT2D eigenvalue weighted by molar-refractivity contribution is 8.14. The van der Waals surface area contributed by atoms with Gasteiger partial charge in [0.15, 0.2) is 15.0 Å². The first kappa shape index (κ1) is 19.2. The van der Waals surface area contributed by atoms with Crippen molar-refractivity contribution in [1.29, 1.82) is 0 Å². The van der Waals surface area contributed by atoms with E-state index >= 15 is 0 Å². The molecule has 142 valence electrons. The largest absolute Gasteiger partial charge is 0.465 e. The first-order valence-corrected chi connectivity index (χ1v) is 11.3. The molecule has 0 saturated carbocycles. The van der Waals surface area contributed by atoms with Crippen LogP contribution in [0.3, 0.4) is 0 Å². The molecule has 2 aliphatic rings. The molecule has 0 bridgehead atoms. The van der Waals surface area contributed by atoms with Gasteiger partial charge < -0.3 is 9.64 Å². The number of carbonyl (C=O) groups is 1. The predicted molar refractivity (Wildman–Crippen MR) is 99.6 cm³/mol. The summed E-state index contributed by atoms with van der Waals surface area (Å²) in [6.07, 6.45) is 0.641. The highest BCUT2D eigenvalue weighted by Gasteiger charge is 2.46. The van der Waals surface area contributed by atoms with E-state index in [4.69, 9.17) is 4.74 Å². The molecule has 6 nitrogen and oxygen atoms in total. The van der Waals surface area contributed by atoms with Crippen LogP contribution < -0.4 is 0 Å². The third-order valence-corrected chi connectivity index (χ3v) is 7.07. The van der Waals surface area contributed by atoms with E-state index in [1.54, 1.807) is 19.1 Å². The van der Waals surface area contributed by atoms with E-state index in [1.807, 2.05) is 4.90 Å². The van der Waals surface area contributed by atoms with E-state index in [1.165, 1.54) is 23.9 Å². The Morgan fingerprint density at radius 2 is 2.08 bits per heavy atom. The summed E-state index contributed by atoms with van der Waals surface area (Å²) in [6, 6.07) is 5.79.